The molecule has 17 heavy (non-hydrogen) atoms. The second-order valence-electron chi connectivity index (χ2n) is 4.15. The first-order valence-electron chi connectivity index (χ1n) is 5.75. The molecule has 0 saturated carbocycles. The maximum Gasteiger partial charge on any atom is 0.290 e. The van der Waals surface area contributed by atoms with Gasteiger partial charge in [0.05, 0.1) is 6.42 Å². The Kier molecular flexibility index (Phi) is 3.58. The van der Waals surface area contributed by atoms with Crippen molar-refractivity contribution in [2.24, 2.45) is 0 Å². The van der Waals surface area contributed by atoms with Gasteiger partial charge in [-0.15, -0.1) is 0 Å². The van der Waals surface area contributed by atoms with Gasteiger partial charge in [0.1, 0.15) is 11.5 Å². The number of nitrogens with one attached hydrogen (secondary N) is 1. The molecule has 2 rings (SSSR count). The number of carbonyl (C=O) groups excluding carboxylic acids is 2. The van der Waals surface area contributed by atoms with Gasteiger partial charge in [0.25, 0.3) is 5.91 Å². The van der Waals surface area contributed by atoms with Gasteiger partial charge in [-0.05, 0) is 19.1 Å². The van der Waals surface area contributed by atoms with E-state index in [9.17, 15) is 9.59 Å². The standard InChI is InChI=1S/C12H16N2O3/c1-9-2-3-10(17-9)8-11(15)12(16)14-6-4-13-5-7-14/h2-3,13H,4-8H2,1H3. The quantitative estimate of drug-likeness (QED) is 0.758. The normalized spacial score (nSPS) is 15.9. The molecule has 0 atom stereocenters. The van der Waals surface area contributed by atoms with Crippen molar-refractivity contribution in [3.63, 3.8) is 0 Å². The highest BCUT2D eigenvalue weighted by molar-refractivity contribution is 6.36. The number of nitrogens with zero attached hydrogens (tertiary/aromatic N) is 1. The lowest BCUT2D eigenvalue weighted by Gasteiger charge is -2.26. The molecular weight excluding hydrogens is 220 g/mol. The Balaban J connectivity index is 1.92. The zero-order valence-corrected chi connectivity index (χ0v) is 9.86. The van der Waals surface area contributed by atoms with Crippen LogP contribution in [-0.4, -0.2) is 42.8 Å². The Morgan fingerprint density at radius 1 is 1.35 bits per heavy atom. The predicted molar refractivity (Wildman–Crippen MR) is 61.6 cm³/mol. The Morgan fingerprint density at radius 3 is 2.65 bits per heavy atom. The van der Waals surface area contributed by atoms with Crippen molar-refractivity contribution in [2.75, 3.05) is 26.2 Å². The number of aryl methyl sites for hydroxylation is 1. The van der Waals surface area contributed by atoms with Crippen molar-refractivity contribution in [1.82, 2.24) is 10.2 Å². The predicted octanol–water partition coefficient (Wildman–Crippen LogP) is 0.131. The first kappa shape index (κ1) is 11.9. The van der Waals surface area contributed by atoms with Crippen molar-refractivity contribution in [2.45, 2.75) is 13.3 Å². The van der Waals surface area contributed by atoms with Crippen LogP contribution in [0.5, 0.6) is 0 Å². The third-order valence-corrected chi connectivity index (χ3v) is 2.77. The molecule has 0 spiro atoms. The highest BCUT2D eigenvalue weighted by atomic mass is 16.3. The van der Waals surface area contributed by atoms with E-state index in [2.05, 4.69) is 5.32 Å². The summed E-state index contributed by atoms with van der Waals surface area (Å²) in [6.07, 6.45) is 0.0522. The topological polar surface area (TPSA) is 62.6 Å². The Bertz CT molecular complexity index is 419. The van der Waals surface area contributed by atoms with E-state index in [0.717, 1.165) is 18.8 Å². The molecule has 5 heteroatoms. The van der Waals surface area contributed by atoms with Crippen LogP contribution in [0.2, 0.25) is 0 Å². The van der Waals surface area contributed by atoms with Crippen molar-refractivity contribution >= 4 is 11.7 Å². The number of rotatable bonds is 3. The van der Waals surface area contributed by atoms with E-state index in [-0.39, 0.29) is 6.42 Å². The number of hydrogen-bond acceptors (Lipinski definition) is 4. The lowest BCUT2D eigenvalue weighted by molar-refractivity contribution is -0.144. The average molecular weight is 236 g/mol. The van der Waals surface area contributed by atoms with Gasteiger partial charge in [-0.2, -0.15) is 0 Å². The van der Waals surface area contributed by atoms with E-state index in [0.29, 0.717) is 18.8 Å². The summed E-state index contributed by atoms with van der Waals surface area (Å²) in [7, 11) is 0. The van der Waals surface area contributed by atoms with E-state index in [1.165, 1.54) is 0 Å². The fourth-order valence-corrected chi connectivity index (χ4v) is 1.86. The van der Waals surface area contributed by atoms with Crippen molar-refractivity contribution in [3.05, 3.63) is 23.7 Å². The van der Waals surface area contributed by atoms with Gasteiger partial charge in [0.2, 0.25) is 5.78 Å². The summed E-state index contributed by atoms with van der Waals surface area (Å²) in [5, 5.41) is 3.14. The molecule has 1 aliphatic rings. The number of ketones is 1. The summed E-state index contributed by atoms with van der Waals surface area (Å²) >= 11 is 0. The van der Waals surface area contributed by atoms with Gasteiger partial charge in [0, 0.05) is 26.2 Å². The number of hydrogen-bond donors (Lipinski definition) is 1. The molecular formula is C12H16N2O3. The van der Waals surface area contributed by atoms with Gasteiger partial charge in [0.15, 0.2) is 0 Å². The molecule has 2 heterocycles. The summed E-state index contributed by atoms with van der Waals surface area (Å²) in [4.78, 5) is 25.2. The maximum atomic E-state index is 11.8. The summed E-state index contributed by atoms with van der Waals surface area (Å²) in [6, 6.07) is 3.52. The fourth-order valence-electron chi connectivity index (χ4n) is 1.86. The largest absolute Gasteiger partial charge is 0.466 e. The third kappa shape index (κ3) is 2.94. The van der Waals surface area contributed by atoms with E-state index < -0.39 is 11.7 Å². The van der Waals surface area contributed by atoms with Crippen LogP contribution in [-0.2, 0) is 16.0 Å². The molecule has 1 aliphatic heterocycles. The van der Waals surface area contributed by atoms with E-state index in [1.54, 1.807) is 17.0 Å². The third-order valence-electron chi connectivity index (χ3n) is 2.77. The van der Waals surface area contributed by atoms with Gasteiger partial charge < -0.3 is 14.6 Å². The van der Waals surface area contributed by atoms with Crippen molar-refractivity contribution in [3.8, 4) is 0 Å². The first-order chi connectivity index (χ1) is 8.16. The van der Waals surface area contributed by atoms with E-state index in [4.69, 9.17) is 4.42 Å². The van der Waals surface area contributed by atoms with Crippen LogP contribution in [0.4, 0.5) is 0 Å². The molecule has 5 nitrogen and oxygen atoms in total. The van der Waals surface area contributed by atoms with Crippen LogP contribution in [0.3, 0.4) is 0 Å². The monoisotopic (exact) mass is 236 g/mol. The number of carbonyl (C=O) groups is 2. The average Bonchev–Trinajstić information content (AvgIpc) is 2.75. The van der Waals surface area contributed by atoms with Crippen molar-refractivity contribution < 1.29 is 14.0 Å². The van der Waals surface area contributed by atoms with E-state index in [1.807, 2.05) is 6.92 Å². The molecule has 1 amide bonds. The number of Topliss-reactive ketones (excluding diaryl/α,β-unsaturated/α-hetero) is 1. The van der Waals surface area contributed by atoms with Crippen LogP contribution in [0, 0.1) is 6.92 Å². The molecule has 1 N–H and O–H groups in total. The van der Waals surface area contributed by atoms with Gasteiger partial charge in [-0.3, -0.25) is 9.59 Å². The summed E-state index contributed by atoms with van der Waals surface area (Å²) in [5.74, 6) is 0.500. The highest BCUT2D eigenvalue weighted by Gasteiger charge is 2.23. The maximum absolute atomic E-state index is 11.8. The van der Waals surface area contributed by atoms with Crippen LogP contribution in [0.25, 0.3) is 0 Å². The van der Waals surface area contributed by atoms with Crippen LogP contribution < -0.4 is 5.32 Å². The summed E-state index contributed by atoms with van der Waals surface area (Å²) in [6.45, 7) is 4.51. The minimum absolute atomic E-state index is 0.0522. The van der Waals surface area contributed by atoms with Gasteiger partial charge in [-0.25, -0.2) is 0 Å². The minimum Gasteiger partial charge on any atom is -0.466 e. The Labute approximate surface area is 99.8 Å². The molecule has 0 bridgehead atoms. The minimum atomic E-state index is -0.402. The molecule has 1 fully saturated rings. The Hall–Kier alpha value is -1.62. The molecule has 0 radical (unpaired) electrons. The lowest BCUT2D eigenvalue weighted by Crippen LogP contribution is -2.49. The number of amides is 1. The van der Waals surface area contributed by atoms with Gasteiger partial charge in [-0.1, -0.05) is 0 Å². The highest BCUT2D eigenvalue weighted by Crippen LogP contribution is 2.08. The van der Waals surface area contributed by atoms with Crippen LogP contribution in [0.1, 0.15) is 11.5 Å². The van der Waals surface area contributed by atoms with Crippen LogP contribution in [0.15, 0.2) is 16.5 Å². The number of furan rings is 1. The molecule has 1 aromatic rings. The molecule has 0 aliphatic carbocycles. The van der Waals surface area contributed by atoms with E-state index >= 15 is 0 Å². The van der Waals surface area contributed by atoms with Crippen molar-refractivity contribution in [1.29, 1.82) is 0 Å². The van der Waals surface area contributed by atoms with Gasteiger partial charge >= 0.3 is 0 Å². The molecule has 0 unspecified atom stereocenters. The SMILES string of the molecule is Cc1ccc(CC(=O)C(=O)N2CCNCC2)o1. The Morgan fingerprint density at radius 2 is 2.06 bits per heavy atom. The smallest absolute Gasteiger partial charge is 0.290 e. The lowest BCUT2D eigenvalue weighted by atomic mass is 10.2. The molecule has 1 aromatic heterocycles. The second kappa shape index (κ2) is 5.14. The summed E-state index contributed by atoms with van der Waals surface area (Å²) < 4.78 is 5.29. The number of piperazine rings is 1. The summed E-state index contributed by atoms with van der Waals surface area (Å²) in [5.41, 5.74) is 0. The van der Waals surface area contributed by atoms with Crippen LogP contribution >= 0.6 is 0 Å². The first-order valence-corrected chi connectivity index (χ1v) is 5.75. The fraction of sp³-hybridized carbons (Fsp3) is 0.500. The molecule has 1 saturated heterocycles. The molecule has 92 valence electrons. The zero-order valence-electron chi connectivity index (χ0n) is 9.86. The molecule has 0 aromatic carbocycles. The second-order valence-corrected chi connectivity index (χ2v) is 4.15. The zero-order chi connectivity index (χ0) is 12.3.